The van der Waals surface area contributed by atoms with Crippen LogP contribution in [0.4, 0.5) is 4.39 Å². The summed E-state index contributed by atoms with van der Waals surface area (Å²) >= 11 is 1.71. The van der Waals surface area contributed by atoms with E-state index in [4.69, 9.17) is 10.2 Å². The third-order valence-corrected chi connectivity index (χ3v) is 6.90. The smallest absolute Gasteiger partial charge is 0.328 e. The highest BCUT2D eigenvalue weighted by Crippen LogP contribution is 2.26. The fourth-order valence-electron chi connectivity index (χ4n) is 4.16. The normalized spacial score (nSPS) is 16.1. The second-order valence-corrected chi connectivity index (χ2v) is 9.61. The van der Waals surface area contributed by atoms with Gasteiger partial charge in [0.05, 0.1) is 0 Å². The van der Waals surface area contributed by atoms with Crippen LogP contribution in [-0.4, -0.2) is 69.8 Å². The van der Waals surface area contributed by atoms with E-state index in [-0.39, 0.29) is 11.7 Å². The van der Waals surface area contributed by atoms with E-state index in [0.717, 1.165) is 67.3 Å². The van der Waals surface area contributed by atoms with Gasteiger partial charge < -0.3 is 20.0 Å². The molecule has 9 heteroatoms. The van der Waals surface area contributed by atoms with Gasteiger partial charge in [-0.1, -0.05) is 24.3 Å². The van der Waals surface area contributed by atoms with E-state index < -0.39 is 11.9 Å². The number of aliphatic carboxylic acids is 2. The lowest BCUT2D eigenvalue weighted by atomic mass is 9.96. The van der Waals surface area contributed by atoms with Gasteiger partial charge in [-0.2, -0.15) is 0 Å². The maximum absolute atomic E-state index is 13.2. The Hall–Kier alpha value is -3.17. The number of likely N-dealkylation sites (tertiary alicyclic amines) is 1. The number of fused-ring (bicyclic) bond motifs is 1. The van der Waals surface area contributed by atoms with Crippen LogP contribution in [-0.2, 0) is 16.1 Å². The topological polar surface area (TPSA) is 98.1 Å². The largest absolute Gasteiger partial charge is 0.478 e. The van der Waals surface area contributed by atoms with Gasteiger partial charge in [0.2, 0.25) is 0 Å². The van der Waals surface area contributed by atoms with Crippen LogP contribution in [0, 0.1) is 11.7 Å². The van der Waals surface area contributed by atoms with Crippen molar-refractivity contribution in [1.29, 1.82) is 0 Å². The molecule has 35 heavy (non-hydrogen) atoms. The summed E-state index contributed by atoms with van der Waals surface area (Å²) in [6.07, 6.45) is 3.40. The Balaban J connectivity index is 0.000000371. The number of carboxylic acids is 2. The number of halogens is 1. The molecule has 0 spiro atoms. The summed E-state index contributed by atoms with van der Waals surface area (Å²) in [4.78, 5) is 37.1. The molecule has 1 amide bonds. The first-order chi connectivity index (χ1) is 16.8. The molecule has 0 saturated carbocycles. The molecule has 2 heterocycles. The summed E-state index contributed by atoms with van der Waals surface area (Å²) in [5.41, 5.74) is 2.04. The molecule has 0 radical (unpaired) electrons. The van der Waals surface area contributed by atoms with Crippen LogP contribution in [0.25, 0.3) is 0 Å². The van der Waals surface area contributed by atoms with Crippen molar-refractivity contribution >= 4 is 29.6 Å². The molecule has 2 N–H and O–H groups in total. The van der Waals surface area contributed by atoms with E-state index >= 15 is 0 Å². The van der Waals surface area contributed by atoms with Gasteiger partial charge in [0.25, 0.3) is 5.91 Å². The molecule has 0 bridgehead atoms. The van der Waals surface area contributed by atoms with Gasteiger partial charge in [0, 0.05) is 48.0 Å². The van der Waals surface area contributed by atoms with Crippen LogP contribution in [0.5, 0.6) is 0 Å². The standard InChI is InChI=1S/C22H25FN2OS.C4H4O4/c23-19-5-3-6-20(14-19)27-13-12-24-10-8-17(9-11-24)15-25-16-18-4-1-2-7-21(18)22(25)26;5-3(6)1-2-4(7)8/h1-7,14,17H,8-13,15-16H2;1-2H,(H,5,6)(H,7,8). The van der Waals surface area contributed by atoms with E-state index in [0.29, 0.717) is 18.1 Å². The van der Waals surface area contributed by atoms with Crippen molar-refractivity contribution in [1.82, 2.24) is 9.80 Å². The van der Waals surface area contributed by atoms with Gasteiger partial charge in [-0.15, -0.1) is 11.8 Å². The molecular weight excluding hydrogens is 471 g/mol. The Morgan fingerprint density at radius 1 is 1.03 bits per heavy atom. The second kappa shape index (κ2) is 13.1. The van der Waals surface area contributed by atoms with Crippen molar-refractivity contribution in [3.05, 3.63) is 77.6 Å². The molecule has 2 aliphatic heterocycles. The molecule has 2 aromatic rings. The number of hydrogen-bond acceptors (Lipinski definition) is 5. The number of nitrogens with zero attached hydrogens (tertiary/aromatic N) is 2. The molecule has 0 atom stereocenters. The maximum Gasteiger partial charge on any atom is 0.328 e. The number of carboxylic acid groups (broad SMARTS) is 2. The highest BCUT2D eigenvalue weighted by atomic mass is 32.2. The monoisotopic (exact) mass is 500 g/mol. The lowest BCUT2D eigenvalue weighted by molar-refractivity contribution is -0.134. The molecule has 7 nitrogen and oxygen atoms in total. The molecule has 1 saturated heterocycles. The SMILES string of the molecule is O=C(O)C=CC(=O)O.O=C1c2ccccc2CN1CC1CCN(CCSc2cccc(F)c2)CC1. The van der Waals surface area contributed by atoms with Gasteiger partial charge in [-0.05, 0) is 61.7 Å². The fourth-order valence-corrected chi connectivity index (χ4v) is 5.11. The molecule has 2 aromatic carbocycles. The highest BCUT2D eigenvalue weighted by Gasteiger charge is 2.29. The van der Waals surface area contributed by atoms with Crippen LogP contribution in [0.3, 0.4) is 0 Å². The first-order valence-corrected chi connectivity index (χ1v) is 12.4. The predicted molar refractivity (Wildman–Crippen MR) is 132 cm³/mol. The third kappa shape index (κ3) is 8.52. The first kappa shape index (κ1) is 26.4. The van der Waals surface area contributed by atoms with E-state index in [1.165, 1.54) is 6.07 Å². The molecule has 0 unspecified atom stereocenters. The summed E-state index contributed by atoms with van der Waals surface area (Å²) < 4.78 is 13.2. The lowest BCUT2D eigenvalue weighted by Crippen LogP contribution is -2.39. The summed E-state index contributed by atoms with van der Waals surface area (Å²) in [6.45, 7) is 4.84. The summed E-state index contributed by atoms with van der Waals surface area (Å²) in [5, 5.41) is 15.6. The van der Waals surface area contributed by atoms with E-state index in [2.05, 4.69) is 11.0 Å². The number of thioether (sulfide) groups is 1. The minimum Gasteiger partial charge on any atom is -0.478 e. The van der Waals surface area contributed by atoms with Crippen LogP contribution >= 0.6 is 11.8 Å². The number of carbonyl (C=O) groups excluding carboxylic acids is 1. The zero-order valence-electron chi connectivity index (χ0n) is 19.3. The lowest BCUT2D eigenvalue weighted by Gasteiger charge is -2.33. The van der Waals surface area contributed by atoms with Crippen molar-refractivity contribution in [2.45, 2.75) is 24.3 Å². The molecular formula is C26H29FN2O5S. The Kier molecular flexibility index (Phi) is 9.86. The van der Waals surface area contributed by atoms with Gasteiger partial charge >= 0.3 is 11.9 Å². The first-order valence-electron chi connectivity index (χ1n) is 11.4. The molecule has 0 aliphatic carbocycles. The summed E-state index contributed by atoms with van der Waals surface area (Å²) in [7, 11) is 0. The number of rotatable bonds is 8. The van der Waals surface area contributed by atoms with Crippen molar-refractivity contribution < 1.29 is 29.0 Å². The second-order valence-electron chi connectivity index (χ2n) is 8.44. The molecule has 186 valence electrons. The van der Waals surface area contributed by atoms with Gasteiger partial charge in [0.1, 0.15) is 5.82 Å². The average molecular weight is 501 g/mol. The van der Waals surface area contributed by atoms with Gasteiger partial charge in [0.15, 0.2) is 0 Å². The minimum absolute atomic E-state index is 0.167. The Labute approximate surface area is 208 Å². The van der Waals surface area contributed by atoms with Crippen LogP contribution < -0.4 is 0 Å². The number of carbonyl (C=O) groups is 3. The number of hydrogen-bond donors (Lipinski definition) is 2. The number of amides is 1. The van der Waals surface area contributed by atoms with E-state index in [1.807, 2.05) is 29.2 Å². The van der Waals surface area contributed by atoms with E-state index in [1.54, 1.807) is 23.9 Å². The van der Waals surface area contributed by atoms with Gasteiger partial charge in [-0.3, -0.25) is 4.79 Å². The quantitative estimate of drug-likeness (QED) is 0.418. The van der Waals surface area contributed by atoms with Gasteiger partial charge in [-0.25, -0.2) is 14.0 Å². The number of piperidine rings is 1. The maximum atomic E-state index is 13.2. The fraction of sp³-hybridized carbons (Fsp3) is 0.346. The van der Waals surface area contributed by atoms with Crippen molar-refractivity contribution in [3.8, 4) is 0 Å². The molecule has 4 rings (SSSR count). The van der Waals surface area contributed by atoms with Crippen LogP contribution in [0.1, 0.15) is 28.8 Å². The summed E-state index contributed by atoms with van der Waals surface area (Å²) in [6, 6.07) is 14.8. The number of benzene rings is 2. The Morgan fingerprint density at radius 3 is 2.34 bits per heavy atom. The Morgan fingerprint density at radius 2 is 1.71 bits per heavy atom. The minimum atomic E-state index is -1.26. The van der Waals surface area contributed by atoms with Crippen molar-refractivity contribution in [2.24, 2.45) is 5.92 Å². The van der Waals surface area contributed by atoms with Crippen LogP contribution in [0.15, 0.2) is 65.6 Å². The van der Waals surface area contributed by atoms with Crippen molar-refractivity contribution in [2.75, 3.05) is 31.9 Å². The van der Waals surface area contributed by atoms with Crippen LogP contribution in [0.2, 0.25) is 0 Å². The van der Waals surface area contributed by atoms with E-state index in [9.17, 15) is 18.8 Å². The highest BCUT2D eigenvalue weighted by molar-refractivity contribution is 7.99. The summed E-state index contributed by atoms with van der Waals surface area (Å²) in [5.74, 6) is -0.914. The Bertz CT molecular complexity index is 1050. The predicted octanol–water partition coefficient (Wildman–Crippen LogP) is 4.00. The molecule has 2 aliphatic rings. The molecule has 1 fully saturated rings. The molecule has 0 aromatic heterocycles. The average Bonchev–Trinajstić information content (AvgIpc) is 3.15. The van der Waals surface area contributed by atoms with Crippen molar-refractivity contribution in [3.63, 3.8) is 0 Å². The zero-order chi connectivity index (χ0) is 25.2. The third-order valence-electron chi connectivity index (χ3n) is 5.92. The zero-order valence-corrected chi connectivity index (χ0v) is 20.1.